The first kappa shape index (κ1) is 31.7. The van der Waals surface area contributed by atoms with Crippen molar-refractivity contribution in [2.75, 3.05) is 20.1 Å². The summed E-state index contributed by atoms with van der Waals surface area (Å²) in [5.74, 6) is -0.569. The number of amides is 2. The Labute approximate surface area is 251 Å². The molecule has 2 atom stereocenters. The first-order valence-electron chi connectivity index (χ1n) is 16.0. The smallest absolute Gasteiger partial charge is 0.326 e. The van der Waals surface area contributed by atoms with Crippen molar-refractivity contribution in [1.82, 2.24) is 15.1 Å². The van der Waals surface area contributed by atoms with E-state index in [2.05, 4.69) is 22.2 Å². The molecule has 7 heteroatoms. The summed E-state index contributed by atoms with van der Waals surface area (Å²) in [7, 11) is 2.06. The van der Waals surface area contributed by atoms with E-state index in [1.54, 1.807) is 0 Å². The van der Waals surface area contributed by atoms with E-state index in [4.69, 9.17) is 0 Å². The number of nitrogens with zero attached hydrogens (tertiary/aromatic N) is 2. The number of piperidine rings is 1. The van der Waals surface area contributed by atoms with Gasteiger partial charge in [0.05, 0.1) is 6.04 Å². The van der Waals surface area contributed by atoms with Crippen molar-refractivity contribution in [2.45, 2.75) is 103 Å². The number of likely N-dealkylation sites (tertiary alicyclic amines) is 1. The van der Waals surface area contributed by atoms with Crippen LogP contribution in [0.3, 0.4) is 0 Å². The Kier molecular flexibility index (Phi) is 11.6. The van der Waals surface area contributed by atoms with Gasteiger partial charge in [-0.15, -0.1) is 0 Å². The summed E-state index contributed by atoms with van der Waals surface area (Å²) in [5.41, 5.74) is 4.24. The molecule has 2 amide bonds. The lowest BCUT2D eigenvalue weighted by molar-refractivity contribution is -0.139. The maximum absolute atomic E-state index is 13.9. The number of aliphatic carboxylic acids is 1. The fraction of sp³-hybridized carbons (Fsp3) is 0.571. The minimum absolute atomic E-state index is 0.165. The van der Waals surface area contributed by atoms with Crippen LogP contribution in [0, 0.1) is 12.8 Å². The predicted octanol–water partition coefficient (Wildman–Crippen LogP) is 6.43. The molecule has 0 bridgehead atoms. The summed E-state index contributed by atoms with van der Waals surface area (Å²) in [6.45, 7) is 6.22. The van der Waals surface area contributed by atoms with Crippen molar-refractivity contribution in [3.05, 3.63) is 59.2 Å². The SMILES string of the molecule is CCC[C@H](NC(=O)c1ccc(CN(C)C(CC2CCCCC2)C(=O)N2CCCCC2)cc1-c1ccccc1C)C(=O)O. The fourth-order valence-corrected chi connectivity index (χ4v) is 6.70. The summed E-state index contributed by atoms with van der Waals surface area (Å²) in [4.78, 5) is 43.4. The van der Waals surface area contributed by atoms with Crippen molar-refractivity contribution >= 4 is 17.8 Å². The van der Waals surface area contributed by atoms with E-state index in [1.807, 2.05) is 56.3 Å². The third-order valence-electron chi connectivity index (χ3n) is 9.14. The van der Waals surface area contributed by atoms with Crippen LogP contribution in [0.4, 0.5) is 0 Å². The van der Waals surface area contributed by atoms with Gasteiger partial charge in [-0.2, -0.15) is 0 Å². The Morgan fingerprint density at radius 1 is 0.976 bits per heavy atom. The largest absolute Gasteiger partial charge is 0.480 e. The highest BCUT2D eigenvalue weighted by Gasteiger charge is 2.32. The number of carboxylic acids is 1. The number of carbonyl (C=O) groups is 3. The number of hydrogen-bond acceptors (Lipinski definition) is 4. The van der Waals surface area contributed by atoms with E-state index in [0.717, 1.165) is 54.6 Å². The maximum Gasteiger partial charge on any atom is 0.326 e. The third kappa shape index (κ3) is 8.21. The number of benzene rings is 2. The van der Waals surface area contributed by atoms with Crippen LogP contribution in [0.2, 0.25) is 0 Å². The second-order valence-corrected chi connectivity index (χ2v) is 12.4. The Balaban J connectivity index is 1.62. The number of rotatable bonds is 12. The summed E-state index contributed by atoms with van der Waals surface area (Å²) in [6.07, 6.45) is 11.5. The molecule has 1 unspecified atom stereocenters. The summed E-state index contributed by atoms with van der Waals surface area (Å²) >= 11 is 0. The van der Waals surface area contributed by atoms with E-state index < -0.39 is 12.0 Å². The first-order valence-corrected chi connectivity index (χ1v) is 16.0. The first-order chi connectivity index (χ1) is 20.3. The van der Waals surface area contributed by atoms with Gasteiger partial charge in [0.15, 0.2) is 0 Å². The minimum atomic E-state index is -1.02. The average Bonchev–Trinajstić information content (AvgIpc) is 3.00. The molecule has 1 aliphatic carbocycles. The highest BCUT2D eigenvalue weighted by molar-refractivity contribution is 6.02. The van der Waals surface area contributed by atoms with E-state index in [0.29, 0.717) is 30.9 Å². The van der Waals surface area contributed by atoms with Gasteiger partial charge in [0, 0.05) is 25.2 Å². The number of likely N-dealkylation sites (N-methyl/N-ethyl adjacent to an activating group) is 1. The van der Waals surface area contributed by atoms with Gasteiger partial charge >= 0.3 is 5.97 Å². The molecular weight excluding hydrogens is 526 g/mol. The van der Waals surface area contributed by atoms with Gasteiger partial charge in [0.1, 0.15) is 6.04 Å². The molecule has 42 heavy (non-hydrogen) atoms. The molecule has 7 nitrogen and oxygen atoms in total. The van der Waals surface area contributed by atoms with Crippen molar-refractivity contribution in [2.24, 2.45) is 5.92 Å². The Morgan fingerprint density at radius 3 is 2.33 bits per heavy atom. The van der Waals surface area contributed by atoms with E-state index in [-0.39, 0.29) is 17.9 Å². The number of carboxylic acid groups (broad SMARTS) is 1. The van der Waals surface area contributed by atoms with E-state index >= 15 is 0 Å². The predicted molar refractivity (Wildman–Crippen MR) is 167 cm³/mol. The lowest BCUT2D eigenvalue weighted by atomic mass is 9.84. The molecule has 2 aromatic carbocycles. The topological polar surface area (TPSA) is 90.0 Å². The van der Waals surface area contributed by atoms with Gasteiger partial charge < -0.3 is 15.3 Å². The van der Waals surface area contributed by atoms with Crippen LogP contribution < -0.4 is 5.32 Å². The highest BCUT2D eigenvalue weighted by atomic mass is 16.4. The van der Waals surface area contributed by atoms with Crippen LogP contribution in [0.5, 0.6) is 0 Å². The standard InChI is InChI=1S/C35H49N3O4/c1-4-13-31(35(41)42)36-33(39)29-19-18-27(22-30(29)28-17-10-9-14-25(28)2)24-37(3)32(23-26-15-7-5-8-16-26)34(40)38-20-11-6-12-21-38/h9-10,14,17-19,22,26,31-32H,4-8,11-13,15-16,20-21,23-24H2,1-3H3,(H,36,39)(H,41,42)/t31-,32?/m0/s1. The number of carbonyl (C=O) groups excluding carboxylic acids is 2. The fourth-order valence-electron chi connectivity index (χ4n) is 6.70. The lowest BCUT2D eigenvalue weighted by Gasteiger charge is -2.37. The molecular formula is C35H49N3O4. The number of hydrogen-bond donors (Lipinski definition) is 2. The molecule has 1 saturated carbocycles. The van der Waals surface area contributed by atoms with Crippen molar-refractivity contribution in [3.8, 4) is 11.1 Å². The molecule has 1 aliphatic heterocycles. The Morgan fingerprint density at radius 2 is 1.67 bits per heavy atom. The lowest BCUT2D eigenvalue weighted by Crippen LogP contribution is -2.49. The summed E-state index contributed by atoms with van der Waals surface area (Å²) < 4.78 is 0. The molecule has 4 rings (SSSR count). The van der Waals surface area contributed by atoms with Gasteiger partial charge in [-0.05, 0) is 86.4 Å². The van der Waals surface area contributed by atoms with Crippen molar-refractivity contribution in [1.29, 1.82) is 0 Å². The zero-order chi connectivity index (χ0) is 30.1. The summed E-state index contributed by atoms with van der Waals surface area (Å²) in [6, 6.07) is 12.7. The molecule has 0 spiro atoms. The van der Waals surface area contributed by atoms with Crippen molar-refractivity contribution < 1.29 is 19.5 Å². The van der Waals surface area contributed by atoms with Gasteiger partial charge in [0.25, 0.3) is 5.91 Å². The normalized spacial score (nSPS) is 17.6. The monoisotopic (exact) mass is 575 g/mol. The number of nitrogens with one attached hydrogen (secondary N) is 1. The highest BCUT2D eigenvalue weighted by Crippen LogP contribution is 2.32. The molecule has 1 saturated heterocycles. The molecule has 0 aromatic heterocycles. The van der Waals surface area contributed by atoms with Crippen LogP contribution in [0.1, 0.15) is 99.0 Å². The van der Waals surface area contributed by atoms with Crippen LogP contribution in [0.25, 0.3) is 11.1 Å². The average molecular weight is 576 g/mol. The second kappa shape index (κ2) is 15.3. The van der Waals surface area contributed by atoms with Gasteiger partial charge in [-0.1, -0.05) is 75.8 Å². The zero-order valence-electron chi connectivity index (χ0n) is 25.7. The van der Waals surface area contributed by atoms with E-state index in [9.17, 15) is 19.5 Å². The second-order valence-electron chi connectivity index (χ2n) is 12.4. The molecule has 2 aliphatic rings. The van der Waals surface area contributed by atoms with Crippen molar-refractivity contribution in [3.63, 3.8) is 0 Å². The minimum Gasteiger partial charge on any atom is -0.480 e. The van der Waals surface area contributed by atoms with Gasteiger partial charge in [-0.3, -0.25) is 14.5 Å². The third-order valence-corrected chi connectivity index (χ3v) is 9.14. The molecule has 2 aromatic rings. The maximum atomic E-state index is 13.9. The number of aryl methyl sites for hydroxylation is 1. The molecule has 228 valence electrons. The quantitative estimate of drug-likeness (QED) is 0.305. The Bertz CT molecular complexity index is 1220. The van der Waals surface area contributed by atoms with Crippen LogP contribution in [-0.4, -0.2) is 64.9 Å². The van der Waals surface area contributed by atoms with Crippen LogP contribution >= 0.6 is 0 Å². The molecule has 0 radical (unpaired) electrons. The Hall–Kier alpha value is -3.19. The van der Waals surface area contributed by atoms with Gasteiger partial charge in [0.2, 0.25) is 5.91 Å². The van der Waals surface area contributed by atoms with Crippen LogP contribution in [-0.2, 0) is 16.1 Å². The van der Waals surface area contributed by atoms with Gasteiger partial charge in [-0.25, -0.2) is 4.79 Å². The summed E-state index contributed by atoms with van der Waals surface area (Å²) in [5, 5.41) is 12.4. The zero-order valence-corrected chi connectivity index (χ0v) is 25.7. The molecule has 1 heterocycles. The molecule has 2 N–H and O–H groups in total. The molecule has 2 fully saturated rings. The van der Waals surface area contributed by atoms with E-state index in [1.165, 1.54) is 38.5 Å². The van der Waals surface area contributed by atoms with Crippen LogP contribution in [0.15, 0.2) is 42.5 Å².